The highest BCUT2D eigenvalue weighted by Gasteiger charge is 2.21. The molecule has 1 aromatic carbocycles. The first-order valence-corrected chi connectivity index (χ1v) is 6.90. The number of benzene rings is 1. The molecule has 0 aliphatic carbocycles. The number of carbonyl (C=O) groups is 1. The third-order valence-corrected chi connectivity index (χ3v) is 4.21. The van der Waals surface area contributed by atoms with Gasteiger partial charge in [0.1, 0.15) is 5.82 Å². The van der Waals surface area contributed by atoms with Crippen molar-refractivity contribution >= 4 is 34.3 Å². The maximum Gasteiger partial charge on any atom is 0.314 e. The summed E-state index contributed by atoms with van der Waals surface area (Å²) in [6.07, 6.45) is 1.66. The van der Waals surface area contributed by atoms with Crippen LogP contribution in [0.2, 0.25) is 0 Å². The summed E-state index contributed by atoms with van der Waals surface area (Å²) < 4.78 is 14.0. The van der Waals surface area contributed by atoms with Crippen LogP contribution in [0.5, 0.6) is 0 Å². The number of primary amides is 1. The van der Waals surface area contributed by atoms with Gasteiger partial charge in [0.2, 0.25) is 0 Å². The van der Waals surface area contributed by atoms with Gasteiger partial charge in [-0.1, -0.05) is 6.07 Å². The summed E-state index contributed by atoms with van der Waals surface area (Å²) in [5.74, 6) is -0.213. The Labute approximate surface area is 119 Å². The van der Waals surface area contributed by atoms with Crippen molar-refractivity contribution < 1.29 is 9.18 Å². The maximum atomic E-state index is 13.4. The SMILES string of the molecule is NC(=O)N1CCC(Nc2cccc(F)c2I)CC1. The van der Waals surface area contributed by atoms with Gasteiger partial charge in [-0.3, -0.25) is 0 Å². The fourth-order valence-electron chi connectivity index (χ4n) is 2.08. The molecule has 3 N–H and O–H groups in total. The van der Waals surface area contributed by atoms with Crippen LogP contribution in [0.25, 0.3) is 0 Å². The van der Waals surface area contributed by atoms with Crippen LogP contribution in [0, 0.1) is 9.39 Å². The summed E-state index contributed by atoms with van der Waals surface area (Å²) >= 11 is 1.99. The summed E-state index contributed by atoms with van der Waals surface area (Å²) in [5, 5.41) is 3.32. The number of likely N-dealkylation sites (tertiary alicyclic amines) is 1. The Morgan fingerprint density at radius 3 is 2.72 bits per heavy atom. The highest BCUT2D eigenvalue weighted by atomic mass is 127. The van der Waals surface area contributed by atoms with Crippen LogP contribution in [0.3, 0.4) is 0 Å². The summed E-state index contributed by atoms with van der Waals surface area (Å²) in [4.78, 5) is 12.6. The smallest absolute Gasteiger partial charge is 0.314 e. The van der Waals surface area contributed by atoms with Crippen LogP contribution in [-0.2, 0) is 0 Å². The largest absolute Gasteiger partial charge is 0.381 e. The van der Waals surface area contributed by atoms with Crippen molar-refractivity contribution in [3.05, 3.63) is 27.6 Å². The Bertz CT molecular complexity index is 447. The zero-order valence-electron chi connectivity index (χ0n) is 9.83. The number of nitrogens with zero attached hydrogens (tertiary/aromatic N) is 1. The van der Waals surface area contributed by atoms with E-state index in [1.54, 1.807) is 11.0 Å². The molecule has 0 aromatic heterocycles. The molecule has 4 nitrogen and oxygen atoms in total. The molecule has 1 aliphatic heterocycles. The molecule has 1 fully saturated rings. The molecule has 0 spiro atoms. The lowest BCUT2D eigenvalue weighted by Crippen LogP contribution is -2.44. The van der Waals surface area contributed by atoms with Gasteiger partial charge < -0.3 is 16.0 Å². The lowest BCUT2D eigenvalue weighted by molar-refractivity contribution is 0.193. The van der Waals surface area contributed by atoms with Crippen molar-refractivity contribution in [2.45, 2.75) is 18.9 Å². The maximum absolute atomic E-state index is 13.4. The Hall–Kier alpha value is -1.05. The van der Waals surface area contributed by atoms with Gasteiger partial charge in [-0.2, -0.15) is 0 Å². The highest BCUT2D eigenvalue weighted by molar-refractivity contribution is 14.1. The second kappa shape index (κ2) is 5.73. The fraction of sp³-hybridized carbons (Fsp3) is 0.417. The Morgan fingerprint density at radius 2 is 2.11 bits per heavy atom. The number of hydrogen-bond acceptors (Lipinski definition) is 2. The molecule has 2 rings (SSSR count). The van der Waals surface area contributed by atoms with Crippen molar-refractivity contribution in [1.82, 2.24) is 4.90 Å². The predicted molar refractivity (Wildman–Crippen MR) is 76.9 cm³/mol. The summed E-state index contributed by atoms with van der Waals surface area (Å²) in [7, 11) is 0. The van der Waals surface area contributed by atoms with E-state index in [1.807, 2.05) is 28.7 Å². The molecule has 0 radical (unpaired) electrons. The lowest BCUT2D eigenvalue weighted by Gasteiger charge is -2.32. The number of urea groups is 1. The molecule has 2 amide bonds. The molecular weight excluding hydrogens is 348 g/mol. The molecule has 1 saturated heterocycles. The minimum absolute atomic E-state index is 0.213. The van der Waals surface area contributed by atoms with Crippen molar-refractivity contribution in [3.8, 4) is 0 Å². The van der Waals surface area contributed by atoms with Gasteiger partial charge >= 0.3 is 6.03 Å². The third-order valence-electron chi connectivity index (χ3n) is 3.12. The van der Waals surface area contributed by atoms with Crippen molar-refractivity contribution in [2.75, 3.05) is 18.4 Å². The molecule has 1 heterocycles. The van der Waals surface area contributed by atoms with Crippen molar-refractivity contribution in [2.24, 2.45) is 5.73 Å². The lowest BCUT2D eigenvalue weighted by atomic mass is 10.0. The minimum Gasteiger partial charge on any atom is -0.381 e. The summed E-state index contributed by atoms with van der Waals surface area (Å²) in [6.45, 7) is 1.30. The van der Waals surface area contributed by atoms with Gasteiger partial charge in [0.05, 0.1) is 9.26 Å². The second-order valence-corrected chi connectivity index (χ2v) is 5.42. The van der Waals surface area contributed by atoms with Gasteiger partial charge in [0.15, 0.2) is 0 Å². The van der Waals surface area contributed by atoms with E-state index in [-0.39, 0.29) is 17.9 Å². The Balaban J connectivity index is 1.96. The van der Waals surface area contributed by atoms with E-state index in [1.165, 1.54) is 6.07 Å². The summed E-state index contributed by atoms with van der Waals surface area (Å²) in [6, 6.07) is 4.90. The molecule has 1 aliphatic rings. The first-order chi connectivity index (χ1) is 8.58. The molecule has 1 aromatic rings. The second-order valence-electron chi connectivity index (χ2n) is 4.35. The van der Waals surface area contributed by atoms with E-state index in [4.69, 9.17) is 5.73 Å². The fourth-order valence-corrected chi connectivity index (χ4v) is 2.59. The average molecular weight is 363 g/mol. The van der Waals surface area contributed by atoms with E-state index in [9.17, 15) is 9.18 Å². The summed E-state index contributed by atoms with van der Waals surface area (Å²) in [5.41, 5.74) is 6.04. The number of nitrogens with two attached hydrogens (primary N) is 1. The van der Waals surface area contributed by atoms with Crippen LogP contribution in [0.4, 0.5) is 14.9 Å². The first-order valence-electron chi connectivity index (χ1n) is 5.83. The Morgan fingerprint density at radius 1 is 1.44 bits per heavy atom. The quantitative estimate of drug-likeness (QED) is 0.793. The molecule has 6 heteroatoms. The van der Waals surface area contributed by atoms with E-state index in [0.29, 0.717) is 16.7 Å². The number of rotatable bonds is 2. The number of amides is 2. The van der Waals surface area contributed by atoms with E-state index in [0.717, 1.165) is 18.5 Å². The standard InChI is InChI=1S/C12H15FIN3O/c13-9-2-1-3-10(11(9)14)16-8-4-6-17(7-5-8)12(15)18/h1-3,8,16H,4-7H2,(H2,15,18). The monoisotopic (exact) mass is 363 g/mol. The van der Waals surface area contributed by atoms with E-state index in [2.05, 4.69) is 5.32 Å². The number of piperidine rings is 1. The van der Waals surface area contributed by atoms with Crippen molar-refractivity contribution in [3.63, 3.8) is 0 Å². The average Bonchev–Trinajstić information content (AvgIpc) is 2.36. The first kappa shape index (κ1) is 13.4. The molecule has 0 unspecified atom stereocenters. The van der Waals surface area contributed by atoms with E-state index < -0.39 is 0 Å². The van der Waals surface area contributed by atoms with Gasteiger partial charge in [-0.05, 0) is 47.6 Å². The van der Waals surface area contributed by atoms with Crippen molar-refractivity contribution in [1.29, 1.82) is 0 Å². The van der Waals surface area contributed by atoms with Crippen LogP contribution in [0.1, 0.15) is 12.8 Å². The van der Waals surface area contributed by atoms with Gasteiger partial charge in [-0.25, -0.2) is 9.18 Å². The van der Waals surface area contributed by atoms with Crippen LogP contribution >= 0.6 is 22.6 Å². The van der Waals surface area contributed by atoms with Gasteiger partial charge in [0.25, 0.3) is 0 Å². The number of nitrogens with one attached hydrogen (secondary N) is 1. The predicted octanol–water partition coefficient (Wildman–Crippen LogP) is 2.39. The molecule has 98 valence electrons. The molecule has 0 atom stereocenters. The van der Waals surface area contributed by atoms with Gasteiger partial charge in [-0.15, -0.1) is 0 Å². The Kier molecular flexibility index (Phi) is 4.26. The topological polar surface area (TPSA) is 58.4 Å². The number of halogens is 2. The molecule has 0 saturated carbocycles. The zero-order valence-corrected chi connectivity index (χ0v) is 12.0. The third kappa shape index (κ3) is 3.04. The van der Waals surface area contributed by atoms with Crippen LogP contribution in [-0.4, -0.2) is 30.1 Å². The number of carbonyl (C=O) groups excluding carboxylic acids is 1. The van der Waals surface area contributed by atoms with Gasteiger partial charge in [0, 0.05) is 19.1 Å². The van der Waals surface area contributed by atoms with E-state index >= 15 is 0 Å². The molecular formula is C12H15FIN3O. The van der Waals surface area contributed by atoms with Crippen LogP contribution < -0.4 is 11.1 Å². The zero-order chi connectivity index (χ0) is 13.1. The highest BCUT2D eigenvalue weighted by Crippen LogP contribution is 2.23. The minimum atomic E-state index is -0.367. The number of anilines is 1. The number of hydrogen-bond donors (Lipinski definition) is 2. The van der Waals surface area contributed by atoms with Crippen LogP contribution in [0.15, 0.2) is 18.2 Å². The molecule has 18 heavy (non-hydrogen) atoms. The molecule has 0 bridgehead atoms. The normalized spacial score (nSPS) is 16.7.